The molecule has 0 aliphatic rings. The van der Waals surface area contributed by atoms with Crippen molar-refractivity contribution < 1.29 is 9.47 Å². The maximum absolute atomic E-state index is 5.65. The van der Waals surface area contributed by atoms with Gasteiger partial charge in [0.05, 0.1) is 7.11 Å². The fraction of sp³-hybridized carbons (Fsp3) is 0.611. The summed E-state index contributed by atoms with van der Waals surface area (Å²) in [6, 6.07) is 8.33. The molecule has 113 valence electrons. The van der Waals surface area contributed by atoms with E-state index in [1.165, 1.54) is 37.7 Å². The zero-order chi connectivity index (χ0) is 14.5. The summed E-state index contributed by atoms with van der Waals surface area (Å²) in [7, 11) is 1.70. The van der Waals surface area contributed by atoms with Gasteiger partial charge in [0.15, 0.2) is 0 Å². The Kier molecular flexibility index (Phi) is 10.0. The highest BCUT2D eigenvalue weighted by Crippen LogP contribution is 2.13. The first-order chi connectivity index (χ1) is 9.86. The van der Waals surface area contributed by atoms with E-state index in [-0.39, 0.29) is 0 Å². The van der Waals surface area contributed by atoms with Crippen molar-refractivity contribution in [3.8, 4) is 5.75 Å². The molecule has 1 rings (SSSR count). The number of hydrogen-bond acceptors (Lipinski definition) is 2. The zero-order valence-corrected chi connectivity index (χ0v) is 12.9. The summed E-state index contributed by atoms with van der Waals surface area (Å²) in [6.07, 6.45) is 9.54. The van der Waals surface area contributed by atoms with Crippen LogP contribution in [0.25, 0.3) is 0 Å². The monoisotopic (exact) mass is 277 g/mol. The molecule has 0 atom stereocenters. The summed E-state index contributed by atoms with van der Waals surface area (Å²) in [5.74, 6) is 0.927. The summed E-state index contributed by atoms with van der Waals surface area (Å²) in [4.78, 5) is 0. The van der Waals surface area contributed by atoms with E-state index in [1.54, 1.807) is 7.11 Å². The second-order valence-corrected chi connectivity index (χ2v) is 5.19. The van der Waals surface area contributed by atoms with Crippen molar-refractivity contribution >= 4 is 0 Å². The fourth-order valence-corrected chi connectivity index (χ4v) is 2.16. The Morgan fingerprint density at radius 1 is 0.850 bits per heavy atom. The average Bonchev–Trinajstić information content (AvgIpc) is 2.50. The Bertz CT molecular complexity index is 319. The van der Waals surface area contributed by atoms with Gasteiger partial charge in [0.2, 0.25) is 0 Å². The topological polar surface area (TPSA) is 18.5 Å². The number of hydrogen-bond donors (Lipinski definition) is 0. The molecule has 2 nitrogen and oxygen atoms in total. The van der Waals surface area contributed by atoms with Crippen LogP contribution in [0.5, 0.6) is 5.75 Å². The lowest BCUT2D eigenvalue weighted by Gasteiger charge is -2.05. The summed E-state index contributed by atoms with van der Waals surface area (Å²) in [5, 5.41) is 0. The van der Waals surface area contributed by atoms with Crippen LogP contribution in [0.2, 0.25) is 0 Å². The summed E-state index contributed by atoms with van der Waals surface area (Å²) >= 11 is 0. The van der Waals surface area contributed by atoms with Crippen molar-refractivity contribution in [1.82, 2.24) is 0 Å². The standard InChI is InChI=1S/C18H29O2/c1-3-4-5-6-8-15-20-16-9-7-10-17-11-13-18(19-2)14-12-17/h11-14H,1,3-10,15-16H2,2H3. The van der Waals surface area contributed by atoms with Crippen LogP contribution in [0.1, 0.15) is 50.5 Å². The van der Waals surface area contributed by atoms with Gasteiger partial charge in [0.1, 0.15) is 5.75 Å². The smallest absolute Gasteiger partial charge is 0.118 e. The van der Waals surface area contributed by atoms with Gasteiger partial charge in [-0.1, -0.05) is 44.7 Å². The molecule has 0 aliphatic carbocycles. The summed E-state index contributed by atoms with van der Waals surface area (Å²) in [6.45, 7) is 5.66. The molecule has 0 saturated heterocycles. The molecule has 1 radical (unpaired) electrons. The molecule has 0 heterocycles. The van der Waals surface area contributed by atoms with E-state index < -0.39 is 0 Å². The Morgan fingerprint density at radius 2 is 1.50 bits per heavy atom. The number of aryl methyl sites for hydroxylation is 1. The lowest BCUT2D eigenvalue weighted by Crippen LogP contribution is -1.98. The lowest BCUT2D eigenvalue weighted by atomic mass is 10.1. The van der Waals surface area contributed by atoms with Crippen molar-refractivity contribution in [3.63, 3.8) is 0 Å². The maximum atomic E-state index is 5.65. The molecule has 20 heavy (non-hydrogen) atoms. The molecule has 0 aliphatic heterocycles. The predicted octanol–water partition coefficient (Wildman–Crippen LogP) is 4.82. The number of unbranched alkanes of at least 4 members (excludes halogenated alkanes) is 5. The van der Waals surface area contributed by atoms with Crippen molar-refractivity contribution in [1.29, 1.82) is 0 Å². The number of benzene rings is 1. The molecule has 0 aromatic heterocycles. The third-order valence-electron chi connectivity index (χ3n) is 3.45. The van der Waals surface area contributed by atoms with Gasteiger partial charge >= 0.3 is 0 Å². The van der Waals surface area contributed by atoms with Crippen LogP contribution in [0.3, 0.4) is 0 Å². The summed E-state index contributed by atoms with van der Waals surface area (Å²) in [5.41, 5.74) is 1.37. The van der Waals surface area contributed by atoms with Gasteiger partial charge in [0.25, 0.3) is 0 Å². The molecule has 0 unspecified atom stereocenters. The normalized spacial score (nSPS) is 10.7. The van der Waals surface area contributed by atoms with E-state index in [9.17, 15) is 0 Å². The molecule has 0 N–H and O–H groups in total. The molecular weight excluding hydrogens is 248 g/mol. The van der Waals surface area contributed by atoms with Gasteiger partial charge in [-0.2, -0.15) is 0 Å². The molecule has 0 spiro atoms. The average molecular weight is 277 g/mol. The minimum absolute atomic E-state index is 0.894. The van der Waals surface area contributed by atoms with Gasteiger partial charge in [-0.25, -0.2) is 0 Å². The van der Waals surface area contributed by atoms with E-state index in [0.717, 1.165) is 38.2 Å². The van der Waals surface area contributed by atoms with Crippen LogP contribution < -0.4 is 4.74 Å². The van der Waals surface area contributed by atoms with E-state index >= 15 is 0 Å². The summed E-state index contributed by atoms with van der Waals surface area (Å²) < 4.78 is 10.8. The number of rotatable bonds is 12. The highest BCUT2D eigenvalue weighted by Gasteiger charge is 1.96. The Morgan fingerprint density at radius 3 is 2.15 bits per heavy atom. The van der Waals surface area contributed by atoms with Crippen LogP contribution in [0, 0.1) is 6.92 Å². The minimum atomic E-state index is 0.894. The van der Waals surface area contributed by atoms with E-state index in [4.69, 9.17) is 9.47 Å². The quantitative estimate of drug-likeness (QED) is 0.510. The van der Waals surface area contributed by atoms with E-state index in [1.807, 2.05) is 12.1 Å². The third-order valence-corrected chi connectivity index (χ3v) is 3.45. The minimum Gasteiger partial charge on any atom is -0.497 e. The van der Waals surface area contributed by atoms with E-state index in [0.29, 0.717) is 0 Å². The molecule has 1 aromatic rings. The van der Waals surface area contributed by atoms with Crippen LogP contribution >= 0.6 is 0 Å². The molecule has 1 aromatic carbocycles. The maximum Gasteiger partial charge on any atom is 0.118 e. The lowest BCUT2D eigenvalue weighted by molar-refractivity contribution is 0.126. The third kappa shape index (κ3) is 8.21. The molecule has 0 saturated carbocycles. The van der Waals surface area contributed by atoms with Crippen LogP contribution in [-0.2, 0) is 11.2 Å². The Hall–Kier alpha value is -1.02. The fourth-order valence-electron chi connectivity index (χ4n) is 2.16. The Labute approximate surface area is 124 Å². The molecule has 0 fully saturated rings. The largest absolute Gasteiger partial charge is 0.497 e. The van der Waals surface area contributed by atoms with Crippen molar-refractivity contribution in [2.24, 2.45) is 0 Å². The Balaban J connectivity index is 1.91. The first-order valence-electron chi connectivity index (χ1n) is 7.86. The van der Waals surface area contributed by atoms with Gasteiger partial charge in [-0.15, -0.1) is 0 Å². The van der Waals surface area contributed by atoms with Gasteiger partial charge in [-0.05, 0) is 43.4 Å². The second kappa shape index (κ2) is 11.8. The predicted molar refractivity (Wildman–Crippen MR) is 85.2 cm³/mol. The first-order valence-corrected chi connectivity index (χ1v) is 7.86. The number of methoxy groups -OCH3 is 1. The van der Waals surface area contributed by atoms with Crippen LogP contribution in [0.4, 0.5) is 0 Å². The molecule has 0 bridgehead atoms. The second-order valence-electron chi connectivity index (χ2n) is 5.19. The molecular formula is C18H29O2. The van der Waals surface area contributed by atoms with Crippen molar-refractivity contribution in [3.05, 3.63) is 36.8 Å². The zero-order valence-electron chi connectivity index (χ0n) is 12.9. The first kappa shape index (κ1) is 17.0. The van der Waals surface area contributed by atoms with Crippen molar-refractivity contribution in [2.75, 3.05) is 20.3 Å². The highest BCUT2D eigenvalue weighted by molar-refractivity contribution is 5.27. The number of ether oxygens (including phenoxy) is 2. The van der Waals surface area contributed by atoms with Crippen molar-refractivity contribution in [2.45, 2.75) is 51.4 Å². The van der Waals surface area contributed by atoms with Crippen LogP contribution in [0.15, 0.2) is 24.3 Å². The van der Waals surface area contributed by atoms with Gasteiger partial charge in [-0.3, -0.25) is 0 Å². The van der Waals surface area contributed by atoms with Gasteiger partial charge < -0.3 is 9.47 Å². The molecule has 2 heteroatoms. The van der Waals surface area contributed by atoms with E-state index in [2.05, 4.69) is 19.1 Å². The SMILES string of the molecule is [CH2]CCCCCCOCCCCc1ccc(OC)cc1. The van der Waals surface area contributed by atoms with Gasteiger partial charge in [0, 0.05) is 13.2 Å². The van der Waals surface area contributed by atoms with Crippen LogP contribution in [-0.4, -0.2) is 20.3 Å². The highest BCUT2D eigenvalue weighted by atomic mass is 16.5. The molecule has 0 amide bonds.